The van der Waals surface area contributed by atoms with Crippen LogP contribution in [0.2, 0.25) is 0 Å². The first-order chi connectivity index (χ1) is 17.0. The second-order valence-corrected chi connectivity index (χ2v) is 10.8. The van der Waals surface area contributed by atoms with E-state index in [0.29, 0.717) is 11.4 Å². The summed E-state index contributed by atoms with van der Waals surface area (Å²) in [5, 5.41) is 0.609. The smallest absolute Gasteiger partial charge is 0.308 e. The normalized spacial score (nSPS) is 21.4. The highest BCUT2D eigenvalue weighted by Gasteiger charge is 2.31. The molecule has 2 fully saturated rings. The molecule has 0 amide bonds. The van der Waals surface area contributed by atoms with Gasteiger partial charge in [0.05, 0.1) is 35.0 Å². The summed E-state index contributed by atoms with van der Waals surface area (Å²) in [6, 6.07) is 13.0. The van der Waals surface area contributed by atoms with Crippen molar-refractivity contribution in [3.05, 3.63) is 51.2 Å². The third-order valence-corrected chi connectivity index (χ3v) is 8.62. The molecular formula is C27H29BrN4O3. The van der Waals surface area contributed by atoms with Crippen LogP contribution in [0.4, 0.5) is 5.69 Å². The molecule has 2 aromatic carbocycles. The van der Waals surface area contributed by atoms with Crippen LogP contribution in [0, 0.1) is 5.92 Å². The van der Waals surface area contributed by atoms with Crippen LogP contribution in [0.25, 0.3) is 27.7 Å². The van der Waals surface area contributed by atoms with Gasteiger partial charge >= 0.3 is 5.97 Å². The number of esters is 1. The van der Waals surface area contributed by atoms with Crippen LogP contribution in [-0.2, 0) is 9.53 Å². The van der Waals surface area contributed by atoms with Gasteiger partial charge < -0.3 is 14.2 Å². The molecule has 0 bridgehead atoms. The van der Waals surface area contributed by atoms with Crippen LogP contribution in [0.5, 0.6) is 0 Å². The number of imidazole rings is 1. The summed E-state index contributed by atoms with van der Waals surface area (Å²) in [7, 11) is 1.47. The molecule has 8 heteroatoms. The number of hydrogen-bond acceptors (Lipinski definition) is 5. The zero-order valence-electron chi connectivity index (χ0n) is 20.0. The van der Waals surface area contributed by atoms with Gasteiger partial charge in [-0.2, -0.15) is 4.98 Å². The molecule has 4 aromatic rings. The minimum atomic E-state index is -0.201. The number of nitrogens with zero attached hydrogens (tertiary/aromatic N) is 4. The third-order valence-electron chi connectivity index (χ3n) is 7.95. The maximum absolute atomic E-state index is 13.1. The molecule has 35 heavy (non-hydrogen) atoms. The summed E-state index contributed by atoms with van der Waals surface area (Å²) in [6.07, 6.45) is 6.14. The van der Waals surface area contributed by atoms with Crippen molar-refractivity contribution in [2.45, 2.75) is 57.5 Å². The molecule has 1 aliphatic heterocycles. The number of fused-ring (bicyclic) bond motifs is 5. The van der Waals surface area contributed by atoms with E-state index >= 15 is 0 Å². The van der Waals surface area contributed by atoms with E-state index in [2.05, 4.69) is 59.9 Å². The molecule has 1 saturated heterocycles. The van der Waals surface area contributed by atoms with E-state index in [0.717, 1.165) is 64.7 Å². The van der Waals surface area contributed by atoms with Gasteiger partial charge in [0, 0.05) is 28.8 Å². The quantitative estimate of drug-likeness (QED) is 0.325. The first kappa shape index (κ1) is 22.6. The SMILES string of the molecule is COC(=O)C1CCN(c2ccc3c(c2)n(C2CCCC2)c2nc(=O)c4c(Br)cccc4n32)[C@H](C)C1. The number of methoxy groups -OCH3 is 1. The number of ether oxygens (including phenoxy) is 1. The average molecular weight is 537 g/mol. The Balaban J connectivity index is 1.55. The lowest BCUT2D eigenvalue weighted by atomic mass is 9.91. The third kappa shape index (κ3) is 3.56. The Morgan fingerprint density at radius 1 is 1.09 bits per heavy atom. The Kier molecular flexibility index (Phi) is 5.59. The molecule has 2 aromatic heterocycles. The first-order valence-electron chi connectivity index (χ1n) is 12.5. The monoisotopic (exact) mass is 536 g/mol. The molecule has 182 valence electrons. The lowest BCUT2D eigenvalue weighted by Gasteiger charge is -2.38. The van der Waals surface area contributed by atoms with Gasteiger partial charge in [0.2, 0.25) is 5.78 Å². The topological polar surface area (TPSA) is 68.8 Å². The maximum Gasteiger partial charge on any atom is 0.308 e. The Morgan fingerprint density at radius 3 is 2.63 bits per heavy atom. The molecule has 6 rings (SSSR count). The van der Waals surface area contributed by atoms with Crippen LogP contribution in [0.3, 0.4) is 0 Å². The highest BCUT2D eigenvalue weighted by molar-refractivity contribution is 9.10. The number of aromatic nitrogens is 3. The highest BCUT2D eigenvalue weighted by Crippen LogP contribution is 2.38. The highest BCUT2D eigenvalue weighted by atomic mass is 79.9. The second kappa shape index (κ2) is 8.66. The van der Waals surface area contributed by atoms with E-state index in [1.807, 2.05) is 18.2 Å². The lowest BCUT2D eigenvalue weighted by Crippen LogP contribution is -2.43. The molecule has 0 N–H and O–H groups in total. The number of anilines is 1. The minimum Gasteiger partial charge on any atom is -0.469 e. The van der Waals surface area contributed by atoms with Crippen LogP contribution >= 0.6 is 15.9 Å². The van der Waals surface area contributed by atoms with Crippen molar-refractivity contribution in [2.24, 2.45) is 5.92 Å². The number of rotatable bonds is 3. The molecule has 0 spiro atoms. The number of halogens is 1. The van der Waals surface area contributed by atoms with Crippen LogP contribution in [-0.4, -0.2) is 39.6 Å². The summed E-state index contributed by atoms with van der Waals surface area (Å²) in [4.78, 5) is 32.2. The van der Waals surface area contributed by atoms with Crippen molar-refractivity contribution in [1.82, 2.24) is 14.0 Å². The number of benzene rings is 2. The van der Waals surface area contributed by atoms with Gasteiger partial charge in [-0.15, -0.1) is 0 Å². The van der Waals surface area contributed by atoms with E-state index < -0.39 is 0 Å². The van der Waals surface area contributed by atoms with Crippen LogP contribution < -0.4 is 10.5 Å². The average Bonchev–Trinajstić information content (AvgIpc) is 3.48. The van der Waals surface area contributed by atoms with E-state index in [-0.39, 0.29) is 23.5 Å². The summed E-state index contributed by atoms with van der Waals surface area (Å²) < 4.78 is 10.2. The summed E-state index contributed by atoms with van der Waals surface area (Å²) in [5.41, 5.74) is 3.98. The minimum absolute atomic E-state index is 0.0417. The van der Waals surface area contributed by atoms with Crippen molar-refractivity contribution in [3.8, 4) is 0 Å². The first-order valence-corrected chi connectivity index (χ1v) is 13.3. The fourth-order valence-electron chi connectivity index (χ4n) is 6.25. The molecule has 1 unspecified atom stereocenters. The number of carbonyl (C=O) groups is 1. The Labute approximate surface area is 211 Å². The second-order valence-electron chi connectivity index (χ2n) is 9.95. The molecule has 1 aliphatic carbocycles. The van der Waals surface area contributed by atoms with Gasteiger partial charge in [0.15, 0.2) is 0 Å². The number of carbonyl (C=O) groups excluding carboxylic acids is 1. The van der Waals surface area contributed by atoms with Gasteiger partial charge in [-0.3, -0.25) is 14.0 Å². The predicted molar refractivity (Wildman–Crippen MR) is 141 cm³/mol. The Morgan fingerprint density at radius 2 is 1.89 bits per heavy atom. The number of hydrogen-bond donors (Lipinski definition) is 0. The Bertz CT molecular complexity index is 1520. The molecule has 2 atom stereocenters. The van der Waals surface area contributed by atoms with Gasteiger partial charge in [-0.05, 0) is 78.9 Å². The fourth-order valence-corrected chi connectivity index (χ4v) is 6.78. The molecule has 3 heterocycles. The zero-order valence-corrected chi connectivity index (χ0v) is 21.6. The predicted octanol–water partition coefficient (Wildman–Crippen LogP) is 5.46. The standard InChI is InChI=1S/C27H29BrN4O3/c1-16-14-17(26(34)35-2)12-13-30(16)19-10-11-21-23(15-19)31(18-6-3-4-7-18)27-29-25(33)24-20(28)8-5-9-22(24)32(21)27/h5,8-11,15-18H,3-4,6-7,12-14H2,1-2H3/t16-,17?/m1/s1. The molecular weight excluding hydrogens is 508 g/mol. The van der Waals surface area contributed by atoms with Crippen LogP contribution in [0.15, 0.2) is 45.7 Å². The molecule has 1 saturated carbocycles. The summed E-state index contributed by atoms with van der Waals surface area (Å²) in [6.45, 7) is 2.99. The summed E-state index contributed by atoms with van der Waals surface area (Å²) in [5.74, 6) is 0.569. The van der Waals surface area contributed by atoms with E-state index in [1.54, 1.807) is 0 Å². The van der Waals surface area contributed by atoms with E-state index in [1.165, 1.54) is 20.0 Å². The maximum atomic E-state index is 13.1. The van der Waals surface area contributed by atoms with E-state index in [4.69, 9.17) is 4.74 Å². The van der Waals surface area contributed by atoms with Crippen molar-refractivity contribution in [2.75, 3.05) is 18.6 Å². The molecule has 2 aliphatic rings. The largest absolute Gasteiger partial charge is 0.469 e. The van der Waals surface area contributed by atoms with Gasteiger partial charge in [-0.1, -0.05) is 18.9 Å². The number of piperidine rings is 1. The Hall–Kier alpha value is -2.87. The summed E-state index contributed by atoms with van der Waals surface area (Å²) >= 11 is 3.56. The van der Waals surface area contributed by atoms with Crippen molar-refractivity contribution in [3.63, 3.8) is 0 Å². The van der Waals surface area contributed by atoms with Gasteiger partial charge in [0.1, 0.15) is 0 Å². The molecule has 7 nitrogen and oxygen atoms in total. The lowest BCUT2D eigenvalue weighted by molar-refractivity contribution is -0.146. The van der Waals surface area contributed by atoms with Crippen molar-refractivity contribution in [1.29, 1.82) is 0 Å². The van der Waals surface area contributed by atoms with Crippen molar-refractivity contribution < 1.29 is 9.53 Å². The van der Waals surface area contributed by atoms with Crippen LogP contribution in [0.1, 0.15) is 51.5 Å². The van der Waals surface area contributed by atoms with Crippen molar-refractivity contribution >= 4 is 55.3 Å². The van der Waals surface area contributed by atoms with E-state index in [9.17, 15) is 9.59 Å². The molecule has 0 radical (unpaired) electrons. The fraction of sp³-hybridized carbons (Fsp3) is 0.444. The van der Waals surface area contributed by atoms with Gasteiger partial charge in [0.25, 0.3) is 5.56 Å². The van der Waals surface area contributed by atoms with Gasteiger partial charge in [-0.25, -0.2) is 0 Å². The zero-order chi connectivity index (χ0) is 24.3.